The zero-order valence-electron chi connectivity index (χ0n) is 11.6. The van der Waals surface area contributed by atoms with E-state index in [-0.39, 0.29) is 20.9 Å². The van der Waals surface area contributed by atoms with Gasteiger partial charge in [0.1, 0.15) is 12.0 Å². The van der Waals surface area contributed by atoms with Gasteiger partial charge in [-0.3, -0.25) is 4.72 Å². The van der Waals surface area contributed by atoms with Gasteiger partial charge < -0.3 is 0 Å². The van der Waals surface area contributed by atoms with Crippen molar-refractivity contribution in [3.63, 3.8) is 0 Å². The van der Waals surface area contributed by atoms with Crippen LogP contribution in [0.4, 0.5) is 5.69 Å². The predicted octanol–water partition coefficient (Wildman–Crippen LogP) is 3.51. The lowest BCUT2D eigenvalue weighted by Gasteiger charge is -2.14. The maximum Gasteiger partial charge on any atom is 0.262 e. The number of rotatable bonds is 3. The van der Waals surface area contributed by atoms with E-state index in [2.05, 4.69) is 14.7 Å². The first-order valence-corrected chi connectivity index (χ1v) is 8.23. The number of aryl methyl sites for hydroxylation is 3. The summed E-state index contributed by atoms with van der Waals surface area (Å²) in [6, 6.07) is 3.60. The Hall–Kier alpha value is -1.37. The highest BCUT2D eigenvalue weighted by atomic mass is 35.5. The number of nitrogens with zero attached hydrogens (tertiary/aromatic N) is 2. The lowest BCUT2D eigenvalue weighted by molar-refractivity contribution is 0.600. The van der Waals surface area contributed by atoms with Crippen LogP contribution in [0.2, 0.25) is 10.3 Å². The van der Waals surface area contributed by atoms with E-state index in [1.54, 1.807) is 26.0 Å². The van der Waals surface area contributed by atoms with Gasteiger partial charge in [-0.1, -0.05) is 40.9 Å². The number of anilines is 1. The van der Waals surface area contributed by atoms with E-state index in [0.29, 0.717) is 11.1 Å². The van der Waals surface area contributed by atoms with Crippen molar-refractivity contribution >= 4 is 38.9 Å². The van der Waals surface area contributed by atoms with Crippen molar-refractivity contribution in [2.45, 2.75) is 25.7 Å². The summed E-state index contributed by atoms with van der Waals surface area (Å²) >= 11 is 11.7. The molecule has 0 saturated heterocycles. The predicted molar refractivity (Wildman–Crippen MR) is 83.5 cm³/mol. The summed E-state index contributed by atoms with van der Waals surface area (Å²) in [6.45, 7) is 5.38. The van der Waals surface area contributed by atoms with Crippen molar-refractivity contribution in [2.24, 2.45) is 0 Å². The fourth-order valence-electron chi connectivity index (χ4n) is 2.20. The first kappa shape index (κ1) is 16.0. The molecule has 2 rings (SSSR count). The van der Waals surface area contributed by atoms with Gasteiger partial charge in [0.2, 0.25) is 0 Å². The Kier molecular flexibility index (Phi) is 4.41. The number of halogens is 2. The van der Waals surface area contributed by atoms with Gasteiger partial charge in [0, 0.05) is 0 Å². The van der Waals surface area contributed by atoms with Gasteiger partial charge in [-0.2, -0.15) is 0 Å². The van der Waals surface area contributed by atoms with Gasteiger partial charge in [-0.05, 0) is 31.9 Å². The summed E-state index contributed by atoms with van der Waals surface area (Å²) in [4.78, 5) is 7.64. The minimum absolute atomic E-state index is 0.0276. The van der Waals surface area contributed by atoms with Crippen molar-refractivity contribution in [1.82, 2.24) is 9.97 Å². The minimum atomic E-state index is -3.84. The van der Waals surface area contributed by atoms with Gasteiger partial charge in [0.15, 0.2) is 10.3 Å². The van der Waals surface area contributed by atoms with Crippen LogP contribution < -0.4 is 4.72 Å². The smallest absolute Gasteiger partial charge is 0.262 e. The molecule has 0 aliphatic carbocycles. The highest BCUT2D eigenvalue weighted by Crippen LogP contribution is 2.30. The third-order valence-electron chi connectivity index (χ3n) is 2.86. The summed E-state index contributed by atoms with van der Waals surface area (Å²) in [7, 11) is -3.84. The second-order valence-electron chi connectivity index (χ2n) is 4.66. The number of sulfonamides is 1. The standard InChI is InChI=1S/C13H13Cl2N3O2S/c1-7-4-8(2)11(9(3)5-7)21(19,20)18-10-12(14)16-6-17-13(10)15/h4-6,18H,1-3H3. The summed E-state index contributed by atoms with van der Waals surface area (Å²) in [5, 5.41) is -0.109. The molecule has 5 nitrogen and oxygen atoms in total. The Bertz CT molecular complexity index is 764. The van der Waals surface area contributed by atoms with Crippen molar-refractivity contribution in [1.29, 1.82) is 0 Å². The molecule has 1 aromatic heterocycles. The van der Waals surface area contributed by atoms with Crippen LogP contribution in [0.1, 0.15) is 16.7 Å². The van der Waals surface area contributed by atoms with E-state index in [0.717, 1.165) is 11.9 Å². The average molecular weight is 346 g/mol. The van der Waals surface area contributed by atoms with Crippen LogP contribution in [0.15, 0.2) is 23.4 Å². The average Bonchev–Trinajstić information content (AvgIpc) is 2.32. The summed E-state index contributed by atoms with van der Waals surface area (Å²) in [6.07, 6.45) is 1.16. The molecule has 1 N–H and O–H groups in total. The van der Waals surface area contributed by atoms with Gasteiger partial charge >= 0.3 is 0 Å². The zero-order chi connectivity index (χ0) is 15.8. The minimum Gasteiger partial charge on any atom is -0.274 e. The van der Waals surface area contributed by atoms with Gasteiger partial charge in [0.05, 0.1) is 4.90 Å². The van der Waals surface area contributed by atoms with E-state index in [9.17, 15) is 8.42 Å². The Labute approximate surface area is 133 Å². The Balaban J connectivity index is 2.54. The molecule has 0 amide bonds. The van der Waals surface area contributed by atoms with E-state index in [4.69, 9.17) is 23.2 Å². The molecule has 0 aliphatic heterocycles. The van der Waals surface area contributed by atoms with Crippen LogP contribution in [-0.4, -0.2) is 18.4 Å². The molecule has 0 atom stereocenters. The molecular formula is C13H13Cl2N3O2S. The lowest BCUT2D eigenvalue weighted by Crippen LogP contribution is -2.17. The second-order valence-corrected chi connectivity index (χ2v) is 7.00. The van der Waals surface area contributed by atoms with Crippen LogP contribution in [-0.2, 0) is 10.0 Å². The highest BCUT2D eigenvalue weighted by molar-refractivity contribution is 7.92. The molecule has 0 spiro atoms. The number of hydrogen-bond acceptors (Lipinski definition) is 4. The molecule has 0 fully saturated rings. The van der Waals surface area contributed by atoms with E-state index in [1.165, 1.54) is 0 Å². The third kappa shape index (κ3) is 3.28. The van der Waals surface area contributed by atoms with Crippen molar-refractivity contribution in [2.75, 3.05) is 4.72 Å². The molecule has 0 bridgehead atoms. The molecule has 21 heavy (non-hydrogen) atoms. The summed E-state index contributed by atoms with van der Waals surface area (Å²) in [5.41, 5.74) is 2.25. The molecule has 8 heteroatoms. The van der Waals surface area contributed by atoms with E-state index >= 15 is 0 Å². The maximum absolute atomic E-state index is 12.6. The monoisotopic (exact) mass is 345 g/mol. The summed E-state index contributed by atoms with van der Waals surface area (Å²) in [5.74, 6) is 0. The molecule has 0 radical (unpaired) electrons. The van der Waals surface area contributed by atoms with Crippen LogP contribution in [0.3, 0.4) is 0 Å². The summed E-state index contributed by atoms with van der Waals surface area (Å²) < 4.78 is 27.5. The molecule has 1 heterocycles. The molecule has 0 unspecified atom stereocenters. The fourth-order valence-corrected chi connectivity index (χ4v) is 4.26. The zero-order valence-corrected chi connectivity index (χ0v) is 13.9. The van der Waals surface area contributed by atoms with Crippen LogP contribution >= 0.6 is 23.2 Å². The van der Waals surface area contributed by atoms with Gasteiger partial charge in [0.25, 0.3) is 10.0 Å². The SMILES string of the molecule is Cc1cc(C)c(S(=O)(=O)Nc2c(Cl)ncnc2Cl)c(C)c1. The lowest BCUT2D eigenvalue weighted by atomic mass is 10.1. The first-order chi connectivity index (χ1) is 9.72. The third-order valence-corrected chi connectivity index (χ3v) is 5.09. The largest absolute Gasteiger partial charge is 0.274 e. The fraction of sp³-hybridized carbons (Fsp3) is 0.231. The molecular weight excluding hydrogens is 333 g/mol. The quantitative estimate of drug-likeness (QED) is 0.864. The molecule has 2 aromatic rings. The van der Waals surface area contributed by atoms with E-state index < -0.39 is 10.0 Å². The van der Waals surface area contributed by atoms with Crippen molar-refractivity contribution in [3.05, 3.63) is 45.5 Å². The second kappa shape index (κ2) is 5.79. The van der Waals surface area contributed by atoms with Gasteiger partial charge in [-0.15, -0.1) is 0 Å². The number of aromatic nitrogens is 2. The first-order valence-electron chi connectivity index (χ1n) is 5.99. The molecule has 112 valence electrons. The Morgan fingerprint density at radius 3 is 1.95 bits per heavy atom. The normalized spacial score (nSPS) is 11.5. The van der Waals surface area contributed by atoms with E-state index in [1.807, 2.05) is 6.92 Å². The topological polar surface area (TPSA) is 72.0 Å². The van der Waals surface area contributed by atoms with Crippen molar-refractivity contribution in [3.8, 4) is 0 Å². The highest BCUT2D eigenvalue weighted by Gasteiger charge is 2.23. The maximum atomic E-state index is 12.6. The number of nitrogens with one attached hydrogen (secondary N) is 1. The Morgan fingerprint density at radius 1 is 1.00 bits per heavy atom. The van der Waals surface area contributed by atoms with Crippen LogP contribution in [0, 0.1) is 20.8 Å². The van der Waals surface area contributed by atoms with Crippen LogP contribution in [0.5, 0.6) is 0 Å². The molecule has 0 aliphatic rings. The van der Waals surface area contributed by atoms with Gasteiger partial charge in [-0.25, -0.2) is 18.4 Å². The van der Waals surface area contributed by atoms with Crippen molar-refractivity contribution < 1.29 is 8.42 Å². The molecule has 1 aromatic carbocycles. The van der Waals surface area contributed by atoms with Crippen LogP contribution in [0.25, 0.3) is 0 Å². The number of hydrogen-bond donors (Lipinski definition) is 1. The molecule has 0 saturated carbocycles. The Morgan fingerprint density at radius 2 is 1.48 bits per heavy atom. The number of benzene rings is 1.